The third-order valence-corrected chi connectivity index (χ3v) is 5.22. The summed E-state index contributed by atoms with van der Waals surface area (Å²) >= 11 is 0. The molecule has 0 atom stereocenters. The average molecular weight is 339 g/mol. The van der Waals surface area contributed by atoms with Crippen molar-refractivity contribution < 1.29 is 12.8 Å². The Bertz CT molecular complexity index is 678. The van der Waals surface area contributed by atoms with Crippen LogP contribution in [0.25, 0.3) is 0 Å². The van der Waals surface area contributed by atoms with E-state index < -0.39 is 15.7 Å². The fourth-order valence-electron chi connectivity index (χ4n) is 2.33. The van der Waals surface area contributed by atoms with Gasteiger partial charge in [-0.3, -0.25) is 4.99 Å². The maximum atomic E-state index is 13.6. The highest BCUT2D eigenvalue weighted by Gasteiger charge is 2.18. The van der Waals surface area contributed by atoms with Crippen LogP contribution in [0.3, 0.4) is 0 Å². The highest BCUT2D eigenvalue weighted by molar-refractivity contribution is 7.91. The molecular formula is C16H22FN3O2S. The van der Waals surface area contributed by atoms with E-state index in [0.29, 0.717) is 12.5 Å². The zero-order valence-electron chi connectivity index (χ0n) is 13.1. The predicted octanol–water partition coefficient (Wildman–Crippen LogP) is 1.87. The second kappa shape index (κ2) is 8.10. The number of aliphatic imine (C=N–C) groups is 1. The molecule has 1 aliphatic carbocycles. The SMILES string of the molecule is CCNC(=NCCS(=O)(=O)c1ccccc1F)NC1CC=CC1. The van der Waals surface area contributed by atoms with Crippen molar-refractivity contribution in [2.24, 2.45) is 4.99 Å². The molecule has 23 heavy (non-hydrogen) atoms. The molecule has 0 aliphatic heterocycles. The molecule has 0 heterocycles. The van der Waals surface area contributed by atoms with E-state index in [2.05, 4.69) is 27.8 Å². The fourth-order valence-corrected chi connectivity index (χ4v) is 3.54. The molecule has 0 spiro atoms. The van der Waals surface area contributed by atoms with E-state index in [4.69, 9.17) is 0 Å². The van der Waals surface area contributed by atoms with Gasteiger partial charge in [0.05, 0.1) is 12.3 Å². The van der Waals surface area contributed by atoms with Gasteiger partial charge in [-0.05, 0) is 31.9 Å². The zero-order valence-corrected chi connectivity index (χ0v) is 13.9. The fraction of sp³-hybridized carbons (Fsp3) is 0.438. The molecule has 0 fully saturated rings. The molecule has 0 radical (unpaired) electrons. The van der Waals surface area contributed by atoms with Gasteiger partial charge in [-0.15, -0.1) is 0 Å². The van der Waals surface area contributed by atoms with Crippen molar-refractivity contribution >= 4 is 15.8 Å². The van der Waals surface area contributed by atoms with Gasteiger partial charge in [0, 0.05) is 12.6 Å². The first kappa shape index (κ1) is 17.5. The quantitative estimate of drug-likeness (QED) is 0.472. The summed E-state index contributed by atoms with van der Waals surface area (Å²) in [5.41, 5.74) is 0. The summed E-state index contributed by atoms with van der Waals surface area (Å²) in [6.07, 6.45) is 6.06. The second-order valence-electron chi connectivity index (χ2n) is 5.29. The number of nitrogens with one attached hydrogen (secondary N) is 2. The molecule has 2 N–H and O–H groups in total. The molecule has 0 saturated heterocycles. The Morgan fingerprint density at radius 1 is 1.30 bits per heavy atom. The molecule has 0 amide bonds. The molecule has 1 aromatic rings. The minimum absolute atomic E-state index is 0.0755. The van der Waals surface area contributed by atoms with Crippen LogP contribution in [0.1, 0.15) is 19.8 Å². The Morgan fingerprint density at radius 3 is 2.65 bits per heavy atom. The lowest BCUT2D eigenvalue weighted by Gasteiger charge is -2.16. The van der Waals surface area contributed by atoms with Gasteiger partial charge < -0.3 is 10.6 Å². The first-order valence-corrected chi connectivity index (χ1v) is 9.35. The van der Waals surface area contributed by atoms with Gasteiger partial charge >= 0.3 is 0 Å². The minimum atomic E-state index is -3.68. The van der Waals surface area contributed by atoms with Crippen LogP contribution in [0.15, 0.2) is 46.3 Å². The van der Waals surface area contributed by atoms with Gasteiger partial charge in [-0.1, -0.05) is 24.3 Å². The lowest BCUT2D eigenvalue weighted by molar-refractivity contribution is 0.567. The van der Waals surface area contributed by atoms with E-state index in [1.165, 1.54) is 18.2 Å². The largest absolute Gasteiger partial charge is 0.357 e. The van der Waals surface area contributed by atoms with Crippen LogP contribution in [0.2, 0.25) is 0 Å². The van der Waals surface area contributed by atoms with E-state index in [0.717, 1.165) is 18.9 Å². The molecule has 1 aliphatic rings. The van der Waals surface area contributed by atoms with Crippen LogP contribution < -0.4 is 10.6 Å². The molecule has 2 rings (SSSR count). The first-order valence-electron chi connectivity index (χ1n) is 7.70. The smallest absolute Gasteiger partial charge is 0.191 e. The van der Waals surface area contributed by atoms with E-state index in [1.54, 1.807) is 0 Å². The standard InChI is InChI=1S/C16H22FN3O2S/c1-2-18-16(20-13-7-3-4-8-13)19-11-12-23(21,22)15-10-6-5-9-14(15)17/h3-6,9-10,13H,2,7-8,11-12H2,1H3,(H2,18,19,20). The van der Waals surface area contributed by atoms with Crippen molar-refractivity contribution in [2.75, 3.05) is 18.8 Å². The van der Waals surface area contributed by atoms with Gasteiger partial charge in [0.15, 0.2) is 15.8 Å². The molecule has 5 nitrogen and oxygen atoms in total. The number of guanidine groups is 1. The van der Waals surface area contributed by atoms with Crippen LogP contribution in [0.5, 0.6) is 0 Å². The second-order valence-corrected chi connectivity index (χ2v) is 7.37. The Hall–Kier alpha value is -1.89. The van der Waals surface area contributed by atoms with Gasteiger partial charge in [0.1, 0.15) is 10.7 Å². The van der Waals surface area contributed by atoms with Gasteiger partial charge in [-0.25, -0.2) is 12.8 Å². The van der Waals surface area contributed by atoms with Crippen molar-refractivity contribution in [2.45, 2.75) is 30.7 Å². The highest BCUT2D eigenvalue weighted by Crippen LogP contribution is 2.15. The molecule has 1 aromatic carbocycles. The van der Waals surface area contributed by atoms with Gasteiger partial charge in [-0.2, -0.15) is 0 Å². The number of halogens is 1. The molecule has 0 aromatic heterocycles. The maximum absolute atomic E-state index is 13.6. The summed E-state index contributed by atoms with van der Waals surface area (Å²) in [6.45, 7) is 2.71. The van der Waals surface area contributed by atoms with E-state index >= 15 is 0 Å². The average Bonchev–Trinajstić information content (AvgIpc) is 3.00. The van der Waals surface area contributed by atoms with Crippen molar-refractivity contribution in [1.29, 1.82) is 0 Å². The first-order chi connectivity index (χ1) is 11.0. The summed E-state index contributed by atoms with van der Waals surface area (Å²) in [7, 11) is -3.68. The molecule has 126 valence electrons. The number of hydrogen-bond donors (Lipinski definition) is 2. The number of benzene rings is 1. The highest BCUT2D eigenvalue weighted by atomic mass is 32.2. The van der Waals surface area contributed by atoms with Crippen LogP contribution in [-0.4, -0.2) is 39.3 Å². The van der Waals surface area contributed by atoms with Crippen molar-refractivity contribution in [3.63, 3.8) is 0 Å². The van der Waals surface area contributed by atoms with E-state index in [1.807, 2.05) is 6.92 Å². The summed E-state index contributed by atoms with van der Waals surface area (Å²) in [6, 6.07) is 5.69. The number of rotatable bonds is 6. The van der Waals surface area contributed by atoms with E-state index in [-0.39, 0.29) is 23.2 Å². The van der Waals surface area contributed by atoms with Crippen LogP contribution >= 0.6 is 0 Å². The third-order valence-electron chi connectivity index (χ3n) is 3.49. The van der Waals surface area contributed by atoms with Gasteiger partial charge in [0.25, 0.3) is 0 Å². The summed E-state index contributed by atoms with van der Waals surface area (Å²) in [5.74, 6) is -0.364. The normalized spacial score (nSPS) is 15.8. The molecule has 0 bridgehead atoms. The third kappa shape index (κ3) is 5.06. The van der Waals surface area contributed by atoms with Crippen molar-refractivity contribution in [3.8, 4) is 0 Å². The lowest BCUT2D eigenvalue weighted by Crippen LogP contribution is -2.42. The Kier molecular flexibility index (Phi) is 6.15. The van der Waals surface area contributed by atoms with Crippen molar-refractivity contribution in [1.82, 2.24) is 10.6 Å². The topological polar surface area (TPSA) is 70.6 Å². The summed E-state index contributed by atoms with van der Waals surface area (Å²) in [5, 5.41) is 6.35. The van der Waals surface area contributed by atoms with E-state index in [9.17, 15) is 12.8 Å². The van der Waals surface area contributed by atoms with Crippen LogP contribution in [0.4, 0.5) is 4.39 Å². The number of sulfone groups is 1. The molecule has 0 unspecified atom stereocenters. The number of hydrogen-bond acceptors (Lipinski definition) is 3. The lowest BCUT2D eigenvalue weighted by atomic mass is 10.2. The minimum Gasteiger partial charge on any atom is -0.357 e. The Balaban J connectivity index is 1.98. The van der Waals surface area contributed by atoms with Crippen LogP contribution in [-0.2, 0) is 9.84 Å². The molecule has 0 saturated carbocycles. The monoisotopic (exact) mass is 339 g/mol. The summed E-state index contributed by atoms with van der Waals surface area (Å²) in [4.78, 5) is 4.01. The Labute approximate surface area is 136 Å². The van der Waals surface area contributed by atoms with Crippen LogP contribution in [0, 0.1) is 5.82 Å². The molecule has 7 heteroatoms. The summed E-state index contributed by atoms with van der Waals surface area (Å²) < 4.78 is 38.0. The maximum Gasteiger partial charge on any atom is 0.191 e. The molecular weight excluding hydrogens is 317 g/mol. The number of nitrogens with zero attached hydrogens (tertiary/aromatic N) is 1. The predicted molar refractivity (Wildman–Crippen MR) is 89.7 cm³/mol. The van der Waals surface area contributed by atoms with Gasteiger partial charge in [0.2, 0.25) is 0 Å². The zero-order chi connectivity index (χ0) is 16.7. The van der Waals surface area contributed by atoms with Crippen molar-refractivity contribution in [3.05, 3.63) is 42.2 Å². The Morgan fingerprint density at radius 2 is 2.00 bits per heavy atom.